The molecule has 0 unspecified atom stereocenters. The third kappa shape index (κ3) is 7.39. The highest BCUT2D eigenvalue weighted by atomic mass is 16.5. The Morgan fingerprint density at radius 2 is 2.03 bits per heavy atom. The number of nitrogens with one attached hydrogen (secondary N) is 1. The molecule has 3 rings (SSSR count). The van der Waals surface area contributed by atoms with E-state index in [2.05, 4.69) is 25.1 Å². The van der Waals surface area contributed by atoms with Crippen LogP contribution in [0.5, 0.6) is 5.75 Å². The Bertz CT molecular complexity index is 757. The van der Waals surface area contributed by atoms with Gasteiger partial charge in [0.1, 0.15) is 5.75 Å². The van der Waals surface area contributed by atoms with Gasteiger partial charge in [0.05, 0.1) is 18.7 Å². The minimum Gasteiger partial charge on any atom is -0.492 e. The summed E-state index contributed by atoms with van der Waals surface area (Å²) in [7, 11) is 4.10. The predicted octanol–water partition coefficient (Wildman–Crippen LogP) is 2.06. The molecule has 0 radical (unpaired) electrons. The van der Waals surface area contributed by atoms with Crippen molar-refractivity contribution >= 4 is 5.91 Å². The highest BCUT2D eigenvalue weighted by molar-refractivity contribution is 5.79. The van der Waals surface area contributed by atoms with Crippen LogP contribution in [0.1, 0.15) is 18.4 Å². The third-order valence-corrected chi connectivity index (χ3v) is 5.34. The van der Waals surface area contributed by atoms with Crippen LogP contribution in [-0.4, -0.2) is 72.6 Å². The number of nitrogens with zero attached hydrogens (tertiary/aromatic N) is 4. The molecule has 1 N–H and O–H groups in total. The Kier molecular flexibility index (Phi) is 8.59. The summed E-state index contributed by atoms with van der Waals surface area (Å²) in [5, 5.41) is 3.13. The minimum absolute atomic E-state index is 0.0255. The highest BCUT2D eigenvalue weighted by Crippen LogP contribution is 2.25. The maximum absolute atomic E-state index is 12.8. The number of pyridine rings is 2. The van der Waals surface area contributed by atoms with Crippen molar-refractivity contribution < 1.29 is 9.53 Å². The molecule has 1 fully saturated rings. The van der Waals surface area contributed by atoms with E-state index >= 15 is 0 Å². The van der Waals surface area contributed by atoms with Gasteiger partial charge < -0.3 is 15.0 Å². The fraction of sp³-hybridized carbons (Fsp3) is 0.522. The summed E-state index contributed by atoms with van der Waals surface area (Å²) in [6.07, 6.45) is 8.90. The second-order valence-corrected chi connectivity index (χ2v) is 8.30. The van der Waals surface area contributed by atoms with Crippen LogP contribution in [0, 0.1) is 11.8 Å². The molecule has 0 bridgehead atoms. The summed E-state index contributed by atoms with van der Waals surface area (Å²) in [6.45, 7) is 4.77. The Morgan fingerprint density at radius 3 is 2.77 bits per heavy atom. The molecule has 2 aromatic heterocycles. The van der Waals surface area contributed by atoms with Crippen molar-refractivity contribution in [3.8, 4) is 5.75 Å². The lowest BCUT2D eigenvalue weighted by Gasteiger charge is -2.37. The van der Waals surface area contributed by atoms with Gasteiger partial charge in [-0.3, -0.25) is 19.7 Å². The van der Waals surface area contributed by atoms with Crippen LogP contribution in [-0.2, 0) is 11.3 Å². The quantitative estimate of drug-likeness (QED) is 0.604. The SMILES string of the molecule is CN(C)CCCNC(=O)[C@@H]1C[C@H](COc2cccnc2)CN(Cc2ccncc2)C1. The molecule has 0 aromatic carbocycles. The van der Waals surface area contributed by atoms with E-state index in [1.807, 2.05) is 50.8 Å². The van der Waals surface area contributed by atoms with Gasteiger partial charge in [-0.15, -0.1) is 0 Å². The standard InChI is InChI=1S/C23H33N5O2/c1-27(2)12-4-9-26-23(29)21-13-20(18-30-22-5-3-8-25-14-22)16-28(17-21)15-19-6-10-24-11-7-19/h3,5-8,10-11,14,20-21H,4,9,12-13,15-18H2,1-2H3,(H,26,29)/t20-,21+/m0/s1. The number of aromatic nitrogens is 2. The smallest absolute Gasteiger partial charge is 0.224 e. The molecule has 7 heteroatoms. The number of rotatable bonds is 10. The van der Waals surface area contributed by atoms with E-state index in [4.69, 9.17) is 4.74 Å². The van der Waals surface area contributed by atoms with Crippen molar-refractivity contribution in [1.82, 2.24) is 25.1 Å². The molecule has 2 atom stereocenters. The van der Waals surface area contributed by atoms with Gasteiger partial charge in [-0.25, -0.2) is 0 Å². The number of carbonyl (C=O) groups excluding carboxylic acids is 1. The first-order chi connectivity index (χ1) is 14.6. The van der Waals surface area contributed by atoms with Crippen molar-refractivity contribution in [2.45, 2.75) is 19.4 Å². The molecular formula is C23H33N5O2. The molecule has 0 spiro atoms. The highest BCUT2D eigenvalue weighted by Gasteiger charge is 2.32. The van der Waals surface area contributed by atoms with E-state index in [0.717, 1.165) is 44.8 Å². The molecule has 1 amide bonds. The minimum atomic E-state index is -0.0255. The summed E-state index contributed by atoms with van der Waals surface area (Å²) in [5.41, 5.74) is 1.21. The first-order valence-electron chi connectivity index (χ1n) is 10.7. The van der Waals surface area contributed by atoms with Crippen molar-refractivity contribution in [3.05, 3.63) is 54.6 Å². The van der Waals surface area contributed by atoms with E-state index in [1.165, 1.54) is 5.56 Å². The molecule has 1 saturated heterocycles. The molecule has 30 heavy (non-hydrogen) atoms. The Morgan fingerprint density at radius 1 is 1.20 bits per heavy atom. The molecular weight excluding hydrogens is 378 g/mol. The van der Waals surface area contributed by atoms with Crippen LogP contribution in [0.2, 0.25) is 0 Å². The van der Waals surface area contributed by atoms with Gasteiger partial charge in [0.25, 0.3) is 0 Å². The van der Waals surface area contributed by atoms with E-state index in [-0.39, 0.29) is 11.8 Å². The first kappa shape index (κ1) is 22.2. The van der Waals surface area contributed by atoms with Gasteiger partial charge >= 0.3 is 0 Å². The number of hydrogen-bond donors (Lipinski definition) is 1. The van der Waals surface area contributed by atoms with Gasteiger partial charge in [0, 0.05) is 50.7 Å². The van der Waals surface area contributed by atoms with E-state index in [1.54, 1.807) is 12.4 Å². The largest absolute Gasteiger partial charge is 0.492 e. The fourth-order valence-corrected chi connectivity index (χ4v) is 3.89. The predicted molar refractivity (Wildman–Crippen MR) is 117 cm³/mol. The average Bonchev–Trinajstić information content (AvgIpc) is 2.76. The summed E-state index contributed by atoms with van der Waals surface area (Å²) >= 11 is 0. The number of likely N-dealkylation sites (tertiary alicyclic amines) is 1. The first-order valence-corrected chi connectivity index (χ1v) is 10.7. The molecule has 7 nitrogen and oxygen atoms in total. The van der Waals surface area contributed by atoms with Crippen molar-refractivity contribution in [2.75, 3.05) is 46.9 Å². The lowest BCUT2D eigenvalue weighted by Crippen LogP contribution is -2.47. The zero-order chi connectivity index (χ0) is 21.2. The summed E-state index contributed by atoms with van der Waals surface area (Å²) in [6, 6.07) is 7.85. The van der Waals surface area contributed by atoms with Gasteiger partial charge in [-0.05, 0) is 63.3 Å². The van der Waals surface area contributed by atoms with Crippen LogP contribution in [0.15, 0.2) is 49.1 Å². The van der Waals surface area contributed by atoms with Crippen LogP contribution in [0.4, 0.5) is 0 Å². The van der Waals surface area contributed by atoms with Crippen LogP contribution in [0.25, 0.3) is 0 Å². The molecule has 0 saturated carbocycles. The second kappa shape index (κ2) is 11.6. The lowest BCUT2D eigenvalue weighted by atomic mass is 9.88. The van der Waals surface area contributed by atoms with Gasteiger partial charge in [0.15, 0.2) is 0 Å². The molecule has 0 aliphatic carbocycles. The van der Waals surface area contributed by atoms with Crippen LogP contribution in [0.3, 0.4) is 0 Å². The van der Waals surface area contributed by atoms with E-state index in [0.29, 0.717) is 19.1 Å². The molecule has 1 aliphatic heterocycles. The number of ether oxygens (including phenoxy) is 1. The number of carbonyl (C=O) groups is 1. The zero-order valence-corrected chi connectivity index (χ0v) is 18.0. The van der Waals surface area contributed by atoms with Crippen LogP contribution >= 0.6 is 0 Å². The molecule has 3 heterocycles. The summed E-state index contributed by atoms with van der Waals surface area (Å²) in [5.74, 6) is 1.19. The van der Waals surface area contributed by atoms with Crippen molar-refractivity contribution in [3.63, 3.8) is 0 Å². The Labute approximate surface area is 179 Å². The summed E-state index contributed by atoms with van der Waals surface area (Å²) in [4.78, 5) is 25.6. The molecule has 2 aromatic rings. The van der Waals surface area contributed by atoms with Crippen LogP contribution < -0.4 is 10.1 Å². The van der Waals surface area contributed by atoms with Gasteiger partial charge in [-0.2, -0.15) is 0 Å². The van der Waals surface area contributed by atoms with Crippen molar-refractivity contribution in [2.24, 2.45) is 11.8 Å². The Hall–Kier alpha value is -2.51. The zero-order valence-electron chi connectivity index (χ0n) is 18.0. The number of piperidine rings is 1. The second-order valence-electron chi connectivity index (χ2n) is 8.30. The molecule has 162 valence electrons. The Balaban J connectivity index is 1.58. The molecule has 1 aliphatic rings. The number of hydrogen-bond acceptors (Lipinski definition) is 6. The monoisotopic (exact) mass is 411 g/mol. The van der Waals surface area contributed by atoms with Gasteiger partial charge in [0.2, 0.25) is 5.91 Å². The van der Waals surface area contributed by atoms with Gasteiger partial charge in [-0.1, -0.05) is 0 Å². The fourth-order valence-electron chi connectivity index (χ4n) is 3.89. The maximum Gasteiger partial charge on any atom is 0.224 e. The third-order valence-electron chi connectivity index (χ3n) is 5.34. The lowest BCUT2D eigenvalue weighted by molar-refractivity contribution is -0.127. The average molecular weight is 412 g/mol. The number of amides is 1. The normalized spacial score (nSPS) is 19.6. The van der Waals surface area contributed by atoms with E-state index in [9.17, 15) is 4.79 Å². The summed E-state index contributed by atoms with van der Waals surface area (Å²) < 4.78 is 5.96. The van der Waals surface area contributed by atoms with Crippen molar-refractivity contribution in [1.29, 1.82) is 0 Å². The maximum atomic E-state index is 12.8. The topological polar surface area (TPSA) is 70.6 Å². The van der Waals surface area contributed by atoms with E-state index < -0.39 is 0 Å².